The lowest BCUT2D eigenvalue weighted by atomic mass is 10.1. The Bertz CT molecular complexity index is 805. The summed E-state index contributed by atoms with van der Waals surface area (Å²) in [5, 5.41) is 1.05. The summed E-state index contributed by atoms with van der Waals surface area (Å²) in [5.41, 5.74) is 2.36. The highest BCUT2D eigenvalue weighted by molar-refractivity contribution is 9.10. The molecule has 3 aromatic rings. The van der Waals surface area contributed by atoms with Crippen molar-refractivity contribution in [3.05, 3.63) is 53.2 Å². The third-order valence-corrected chi connectivity index (χ3v) is 5.27. The molecule has 0 saturated carbocycles. The Labute approximate surface area is 155 Å². The highest BCUT2D eigenvalue weighted by atomic mass is 79.9. The van der Waals surface area contributed by atoms with E-state index in [1.807, 2.05) is 25.6 Å². The van der Waals surface area contributed by atoms with Crippen molar-refractivity contribution >= 4 is 27.7 Å². The third-order valence-electron chi connectivity index (χ3n) is 3.76. The molecule has 0 aliphatic rings. The van der Waals surface area contributed by atoms with Crippen LogP contribution in [0.3, 0.4) is 0 Å². The maximum atomic E-state index is 4.67. The molecular weight excluding hydrogens is 384 g/mol. The number of rotatable bonds is 6. The van der Waals surface area contributed by atoms with Gasteiger partial charge in [0.2, 0.25) is 0 Å². The van der Waals surface area contributed by atoms with Crippen LogP contribution in [0.15, 0.2) is 52.5 Å². The first-order chi connectivity index (χ1) is 11.5. The van der Waals surface area contributed by atoms with Crippen molar-refractivity contribution in [1.29, 1.82) is 0 Å². The number of halogens is 1. The monoisotopic (exact) mass is 404 g/mol. The van der Waals surface area contributed by atoms with Crippen molar-refractivity contribution < 1.29 is 0 Å². The van der Waals surface area contributed by atoms with Crippen molar-refractivity contribution in [3.8, 4) is 11.3 Å². The summed E-state index contributed by atoms with van der Waals surface area (Å²) >= 11 is 5.24. The summed E-state index contributed by atoms with van der Waals surface area (Å²) in [5.74, 6) is 2.43. The maximum Gasteiger partial charge on any atom is 0.168 e. The van der Waals surface area contributed by atoms with Crippen LogP contribution in [0, 0.1) is 5.92 Å². The molecule has 0 aliphatic heterocycles. The van der Waals surface area contributed by atoms with E-state index < -0.39 is 0 Å². The number of benzene rings is 1. The molecule has 4 nitrogen and oxygen atoms in total. The van der Waals surface area contributed by atoms with Crippen LogP contribution in [-0.2, 0) is 19.3 Å². The zero-order valence-electron chi connectivity index (χ0n) is 14.1. The van der Waals surface area contributed by atoms with Crippen LogP contribution >= 0.6 is 27.7 Å². The molecule has 0 bridgehead atoms. The summed E-state index contributed by atoms with van der Waals surface area (Å²) in [6, 6.07) is 8.40. The minimum Gasteiger partial charge on any atom is -0.337 e. The molecule has 0 atom stereocenters. The molecular formula is C18H21BrN4S. The van der Waals surface area contributed by atoms with Crippen LogP contribution in [-0.4, -0.2) is 19.1 Å². The molecule has 0 spiro atoms. The van der Waals surface area contributed by atoms with Gasteiger partial charge in [-0.05, 0) is 23.6 Å². The fourth-order valence-corrected chi connectivity index (χ4v) is 3.79. The molecule has 3 rings (SSSR count). The topological polar surface area (TPSA) is 35.6 Å². The molecule has 0 aliphatic carbocycles. The Morgan fingerprint density at radius 1 is 1.17 bits per heavy atom. The number of thioether (sulfide) groups is 1. The maximum absolute atomic E-state index is 4.67. The van der Waals surface area contributed by atoms with Gasteiger partial charge >= 0.3 is 0 Å². The van der Waals surface area contributed by atoms with E-state index in [2.05, 4.69) is 73.1 Å². The Kier molecular flexibility index (Phi) is 5.46. The van der Waals surface area contributed by atoms with E-state index in [4.69, 9.17) is 0 Å². The molecule has 6 heteroatoms. The normalized spacial score (nSPS) is 11.4. The lowest BCUT2D eigenvalue weighted by molar-refractivity contribution is 0.498. The zero-order chi connectivity index (χ0) is 17.1. The van der Waals surface area contributed by atoms with Crippen LogP contribution in [0.5, 0.6) is 0 Å². The van der Waals surface area contributed by atoms with Gasteiger partial charge in [0.1, 0.15) is 5.82 Å². The van der Waals surface area contributed by atoms with Crippen molar-refractivity contribution in [2.75, 3.05) is 0 Å². The molecule has 0 radical (unpaired) electrons. The highest BCUT2D eigenvalue weighted by Gasteiger charge is 2.14. The minimum atomic E-state index is 0.556. The Hall–Kier alpha value is -1.53. The van der Waals surface area contributed by atoms with Gasteiger partial charge in [-0.25, -0.2) is 9.97 Å². The molecule has 0 saturated heterocycles. The second-order valence-corrected chi connectivity index (χ2v) is 8.04. The van der Waals surface area contributed by atoms with Gasteiger partial charge < -0.3 is 9.13 Å². The predicted molar refractivity (Wildman–Crippen MR) is 103 cm³/mol. The first kappa shape index (κ1) is 17.3. The van der Waals surface area contributed by atoms with Crippen LogP contribution < -0.4 is 0 Å². The summed E-state index contributed by atoms with van der Waals surface area (Å²) in [6.07, 6.45) is 5.79. The van der Waals surface area contributed by atoms with Crippen molar-refractivity contribution in [2.45, 2.75) is 31.3 Å². The summed E-state index contributed by atoms with van der Waals surface area (Å²) in [7, 11) is 2.02. The van der Waals surface area contributed by atoms with E-state index in [9.17, 15) is 0 Å². The molecule has 0 amide bonds. The number of aryl methyl sites for hydroxylation is 1. The van der Waals surface area contributed by atoms with Crippen LogP contribution in [0.1, 0.15) is 19.7 Å². The van der Waals surface area contributed by atoms with E-state index >= 15 is 0 Å². The molecule has 126 valence electrons. The molecule has 1 aromatic carbocycles. The number of hydrogen-bond donors (Lipinski definition) is 0. The van der Waals surface area contributed by atoms with E-state index in [0.29, 0.717) is 5.92 Å². The van der Waals surface area contributed by atoms with Gasteiger partial charge in [0, 0.05) is 30.5 Å². The van der Waals surface area contributed by atoms with Gasteiger partial charge in [-0.1, -0.05) is 53.7 Å². The van der Waals surface area contributed by atoms with Gasteiger partial charge in [0.05, 0.1) is 17.6 Å². The van der Waals surface area contributed by atoms with E-state index in [-0.39, 0.29) is 0 Å². The number of nitrogens with zero attached hydrogens (tertiary/aromatic N) is 4. The minimum absolute atomic E-state index is 0.556. The molecule has 0 unspecified atom stereocenters. The quantitative estimate of drug-likeness (QED) is 0.542. The fraction of sp³-hybridized carbons (Fsp3) is 0.333. The fourth-order valence-electron chi connectivity index (χ4n) is 2.53. The van der Waals surface area contributed by atoms with Crippen LogP contribution in [0.4, 0.5) is 0 Å². The Morgan fingerprint density at radius 3 is 2.54 bits per heavy atom. The van der Waals surface area contributed by atoms with Gasteiger partial charge in [0.25, 0.3) is 0 Å². The van der Waals surface area contributed by atoms with Crippen LogP contribution in [0.25, 0.3) is 11.3 Å². The average molecular weight is 405 g/mol. The Balaban J connectivity index is 1.88. The number of hydrogen-bond acceptors (Lipinski definition) is 3. The Morgan fingerprint density at radius 2 is 1.92 bits per heavy atom. The zero-order valence-corrected chi connectivity index (χ0v) is 16.5. The van der Waals surface area contributed by atoms with Crippen molar-refractivity contribution in [1.82, 2.24) is 19.1 Å². The second kappa shape index (κ2) is 7.57. The average Bonchev–Trinajstić information content (AvgIpc) is 3.12. The lowest BCUT2D eigenvalue weighted by Crippen LogP contribution is -2.08. The number of imidazole rings is 2. The molecule has 24 heavy (non-hydrogen) atoms. The molecule has 0 fully saturated rings. The largest absolute Gasteiger partial charge is 0.337 e. The summed E-state index contributed by atoms with van der Waals surface area (Å²) < 4.78 is 5.46. The van der Waals surface area contributed by atoms with Crippen LogP contribution in [0.2, 0.25) is 0 Å². The molecule has 2 aromatic heterocycles. The van der Waals surface area contributed by atoms with E-state index in [0.717, 1.165) is 27.8 Å². The predicted octanol–water partition coefficient (Wildman–Crippen LogP) is 4.99. The summed E-state index contributed by atoms with van der Waals surface area (Å²) in [4.78, 5) is 9.07. The van der Waals surface area contributed by atoms with E-state index in [1.165, 1.54) is 11.3 Å². The second-order valence-electron chi connectivity index (χ2n) is 6.18. The highest BCUT2D eigenvalue weighted by Crippen LogP contribution is 2.29. The first-order valence-electron chi connectivity index (χ1n) is 7.95. The lowest BCUT2D eigenvalue weighted by Gasteiger charge is -2.14. The molecule has 0 N–H and O–H groups in total. The number of aromatic nitrogens is 4. The van der Waals surface area contributed by atoms with Gasteiger partial charge in [-0.15, -0.1) is 0 Å². The van der Waals surface area contributed by atoms with Crippen molar-refractivity contribution in [2.24, 2.45) is 13.0 Å². The third kappa shape index (κ3) is 3.92. The molecule has 2 heterocycles. The summed E-state index contributed by atoms with van der Waals surface area (Å²) in [6.45, 7) is 5.42. The van der Waals surface area contributed by atoms with Gasteiger partial charge in [-0.3, -0.25) is 0 Å². The SMILES string of the molecule is CC(C)Cn1c(-c2ccc(Br)cc2)cnc1SCc1nccn1C. The van der Waals surface area contributed by atoms with Crippen molar-refractivity contribution in [3.63, 3.8) is 0 Å². The van der Waals surface area contributed by atoms with Gasteiger partial charge in [-0.2, -0.15) is 0 Å². The van der Waals surface area contributed by atoms with E-state index in [1.54, 1.807) is 11.8 Å². The smallest absolute Gasteiger partial charge is 0.168 e. The standard InChI is InChI=1S/C18H21BrN4S/c1-13(2)11-23-16(14-4-6-15(19)7-5-14)10-21-18(23)24-12-17-20-8-9-22(17)3/h4-10,13H,11-12H2,1-3H3. The van der Waals surface area contributed by atoms with Gasteiger partial charge in [0.15, 0.2) is 5.16 Å². The first-order valence-corrected chi connectivity index (χ1v) is 9.73.